The fourth-order valence-electron chi connectivity index (χ4n) is 3.86. The number of hydrogen-bond acceptors (Lipinski definition) is 2. The molecule has 0 radical (unpaired) electrons. The zero-order valence-corrected chi connectivity index (χ0v) is 16.4. The van der Waals surface area contributed by atoms with Crippen LogP contribution in [0.5, 0.6) is 0 Å². The first kappa shape index (κ1) is 18.7. The van der Waals surface area contributed by atoms with Crippen LogP contribution in [0.2, 0.25) is 0 Å². The molecule has 0 fully saturated rings. The molecule has 1 aliphatic heterocycles. The van der Waals surface area contributed by atoms with E-state index in [0.29, 0.717) is 12.0 Å². The van der Waals surface area contributed by atoms with E-state index in [1.807, 2.05) is 68.5 Å². The maximum absolute atomic E-state index is 12.6. The molecule has 146 valence electrons. The van der Waals surface area contributed by atoms with E-state index in [1.54, 1.807) is 0 Å². The summed E-state index contributed by atoms with van der Waals surface area (Å²) in [4.78, 5) is 26.8. The molecule has 3 aromatic rings. The Morgan fingerprint density at radius 2 is 1.83 bits per heavy atom. The third-order valence-corrected chi connectivity index (χ3v) is 5.42. The van der Waals surface area contributed by atoms with Crippen LogP contribution < -0.4 is 5.32 Å². The van der Waals surface area contributed by atoms with Gasteiger partial charge in [0.15, 0.2) is 0 Å². The monoisotopic (exact) mass is 386 g/mol. The van der Waals surface area contributed by atoms with Gasteiger partial charge < -0.3 is 15.4 Å². The summed E-state index contributed by atoms with van der Waals surface area (Å²) in [6.45, 7) is 3.89. The maximum atomic E-state index is 12.6. The lowest BCUT2D eigenvalue weighted by atomic mass is 9.99. The number of nitrogens with one attached hydrogen (secondary N) is 2. The van der Waals surface area contributed by atoms with E-state index >= 15 is 0 Å². The van der Waals surface area contributed by atoms with Gasteiger partial charge in [-0.25, -0.2) is 0 Å². The largest absolute Gasteiger partial charge is 0.481 e. The van der Waals surface area contributed by atoms with E-state index in [1.165, 1.54) is 0 Å². The van der Waals surface area contributed by atoms with Crippen LogP contribution in [-0.4, -0.2) is 22.0 Å². The third-order valence-electron chi connectivity index (χ3n) is 5.42. The van der Waals surface area contributed by atoms with Gasteiger partial charge in [0.1, 0.15) is 0 Å². The Hall–Kier alpha value is -3.60. The Balaban J connectivity index is 1.69. The molecule has 0 saturated heterocycles. The minimum absolute atomic E-state index is 0.0845. The van der Waals surface area contributed by atoms with Crippen molar-refractivity contribution >= 4 is 29.2 Å². The Bertz CT molecular complexity index is 1140. The van der Waals surface area contributed by atoms with Gasteiger partial charge in [0.05, 0.1) is 5.57 Å². The standard InChI is InChI=1S/C24H22N2O3/c1-14-18(10-11-23(27)28)15(2)25-21(14)13-20-19-9-8-17(12-22(19)26-24(20)29)16-6-4-3-5-7-16/h3-9,12-13,25H,10-11H2,1-2H3,(H,26,29)(H,27,28). The van der Waals surface area contributed by atoms with Crippen LogP contribution in [0.25, 0.3) is 22.8 Å². The summed E-state index contributed by atoms with van der Waals surface area (Å²) in [5.41, 5.74) is 8.18. The van der Waals surface area contributed by atoms with Crippen molar-refractivity contribution in [3.8, 4) is 11.1 Å². The molecule has 3 N–H and O–H groups in total. The second-order valence-electron chi connectivity index (χ2n) is 7.30. The average Bonchev–Trinajstić information content (AvgIpc) is 3.16. The van der Waals surface area contributed by atoms with Crippen LogP contribution in [0.15, 0.2) is 48.5 Å². The van der Waals surface area contributed by atoms with Gasteiger partial charge in [-0.05, 0) is 54.7 Å². The number of benzene rings is 2. The number of H-pyrrole nitrogens is 1. The number of amides is 1. The quantitative estimate of drug-likeness (QED) is 0.551. The molecule has 0 atom stereocenters. The number of aromatic nitrogens is 1. The van der Waals surface area contributed by atoms with Gasteiger partial charge in [0, 0.05) is 29.1 Å². The SMILES string of the molecule is Cc1[nH]c(C=C2C(=O)Nc3cc(-c4ccccc4)ccc32)c(C)c1CCC(=O)O. The number of carbonyl (C=O) groups is 2. The van der Waals surface area contributed by atoms with Crippen molar-refractivity contribution in [3.05, 3.63) is 76.6 Å². The van der Waals surface area contributed by atoms with Gasteiger partial charge in [-0.3, -0.25) is 9.59 Å². The summed E-state index contributed by atoms with van der Waals surface area (Å²) in [7, 11) is 0. The fourth-order valence-corrected chi connectivity index (χ4v) is 3.86. The number of hydrogen-bond donors (Lipinski definition) is 3. The van der Waals surface area contributed by atoms with Crippen LogP contribution in [-0.2, 0) is 16.0 Å². The molecule has 0 unspecified atom stereocenters. The second kappa shape index (κ2) is 7.43. The molecule has 1 amide bonds. The van der Waals surface area contributed by atoms with Crippen molar-refractivity contribution in [2.24, 2.45) is 0 Å². The van der Waals surface area contributed by atoms with E-state index in [4.69, 9.17) is 5.11 Å². The number of rotatable bonds is 5. The molecule has 0 aliphatic carbocycles. The number of aliphatic carboxylic acids is 1. The third kappa shape index (κ3) is 3.59. The van der Waals surface area contributed by atoms with Crippen LogP contribution >= 0.6 is 0 Å². The highest BCUT2D eigenvalue weighted by atomic mass is 16.4. The highest BCUT2D eigenvalue weighted by molar-refractivity contribution is 6.35. The van der Waals surface area contributed by atoms with Gasteiger partial charge in [0.2, 0.25) is 0 Å². The number of carboxylic acids is 1. The normalized spacial score (nSPS) is 14.1. The molecule has 1 aromatic heterocycles. The minimum atomic E-state index is -0.816. The van der Waals surface area contributed by atoms with Crippen LogP contribution in [0.1, 0.15) is 34.5 Å². The molecule has 0 spiro atoms. The van der Waals surface area contributed by atoms with Crippen molar-refractivity contribution in [2.75, 3.05) is 5.32 Å². The molecular formula is C24H22N2O3. The number of carbonyl (C=O) groups excluding carboxylic acids is 1. The van der Waals surface area contributed by atoms with Gasteiger partial charge >= 0.3 is 5.97 Å². The van der Waals surface area contributed by atoms with E-state index in [2.05, 4.69) is 10.3 Å². The zero-order chi connectivity index (χ0) is 20.5. The van der Waals surface area contributed by atoms with Crippen LogP contribution in [0.4, 0.5) is 5.69 Å². The summed E-state index contributed by atoms with van der Waals surface area (Å²) in [5.74, 6) is -0.952. The second-order valence-corrected chi connectivity index (χ2v) is 7.30. The summed E-state index contributed by atoms with van der Waals surface area (Å²) in [6.07, 6.45) is 2.41. The van der Waals surface area contributed by atoms with Crippen molar-refractivity contribution in [1.82, 2.24) is 4.98 Å². The zero-order valence-electron chi connectivity index (χ0n) is 16.4. The first-order valence-corrected chi connectivity index (χ1v) is 9.57. The molecule has 5 heteroatoms. The summed E-state index contributed by atoms with van der Waals surface area (Å²) in [5, 5.41) is 11.9. The Kier molecular flexibility index (Phi) is 4.80. The number of aromatic amines is 1. The van der Waals surface area contributed by atoms with Crippen molar-refractivity contribution in [1.29, 1.82) is 0 Å². The van der Waals surface area contributed by atoms with Gasteiger partial charge in [-0.15, -0.1) is 0 Å². The molecule has 2 aromatic carbocycles. The lowest BCUT2D eigenvalue weighted by Crippen LogP contribution is -2.03. The summed E-state index contributed by atoms with van der Waals surface area (Å²) < 4.78 is 0. The smallest absolute Gasteiger partial charge is 0.303 e. The highest BCUT2D eigenvalue weighted by Crippen LogP contribution is 2.36. The van der Waals surface area contributed by atoms with Crippen molar-refractivity contribution in [3.63, 3.8) is 0 Å². The molecule has 2 heterocycles. The summed E-state index contributed by atoms with van der Waals surface area (Å²) in [6, 6.07) is 16.0. The lowest BCUT2D eigenvalue weighted by Gasteiger charge is -2.05. The first-order valence-electron chi connectivity index (χ1n) is 9.57. The fraction of sp³-hybridized carbons (Fsp3) is 0.167. The van der Waals surface area contributed by atoms with Crippen LogP contribution in [0, 0.1) is 13.8 Å². The first-order chi connectivity index (χ1) is 13.9. The van der Waals surface area contributed by atoms with E-state index in [-0.39, 0.29) is 12.3 Å². The predicted octanol–water partition coefficient (Wildman–Crippen LogP) is 4.81. The number of anilines is 1. The Morgan fingerprint density at radius 3 is 2.55 bits per heavy atom. The predicted molar refractivity (Wildman–Crippen MR) is 115 cm³/mol. The van der Waals surface area contributed by atoms with Crippen molar-refractivity contribution < 1.29 is 14.7 Å². The molecule has 1 aliphatic rings. The Labute approximate surface area is 169 Å². The van der Waals surface area contributed by atoms with E-state index in [9.17, 15) is 9.59 Å². The number of aryl methyl sites for hydroxylation is 1. The molecule has 0 saturated carbocycles. The topological polar surface area (TPSA) is 82.2 Å². The molecule has 5 nitrogen and oxygen atoms in total. The van der Waals surface area contributed by atoms with Gasteiger partial charge in [-0.1, -0.05) is 42.5 Å². The van der Waals surface area contributed by atoms with Gasteiger partial charge in [0.25, 0.3) is 5.91 Å². The van der Waals surface area contributed by atoms with E-state index < -0.39 is 5.97 Å². The molecular weight excluding hydrogens is 364 g/mol. The molecule has 4 rings (SSSR count). The lowest BCUT2D eigenvalue weighted by molar-refractivity contribution is -0.137. The number of carboxylic acid groups (broad SMARTS) is 1. The Morgan fingerprint density at radius 1 is 1.07 bits per heavy atom. The summed E-state index contributed by atoms with van der Waals surface area (Å²) >= 11 is 0. The maximum Gasteiger partial charge on any atom is 0.303 e. The van der Waals surface area contributed by atoms with E-state index in [0.717, 1.165) is 44.9 Å². The van der Waals surface area contributed by atoms with Crippen LogP contribution in [0.3, 0.4) is 0 Å². The highest BCUT2D eigenvalue weighted by Gasteiger charge is 2.25. The minimum Gasteiger partial charge on any atom is -0.481 e. The molecule has 0 bridgehead atoms. The number of fused-ring (bicyclic) bond motifs is 1. The average molecular weight is 386 g/mol. The van der Waals surface area contributed by atoms with Gasteiger partial charge in [-0.2, -0.15) is 0 Å². The van der Waals surface area contributed by atoms with Crippen molar-refractivity contribution in [2.45, 2.75) is 26.7 Å². The molecule has 29 heavy (non-hydrogen) atoms.